The van der Waals surface area contributed by atoms with Crippen molar-refractivity contribution < 1.29 is 4.79 Å². The highest BCUT2D eigenvalue weighted by Crippen LogP contribution is 2.32. The minimum atomic E-state index is 0.0223. The van der Waals surface area contributed by atoms with Gasteiger partial charge in [-0.05, 0) is 18.6 Å². The van der Waals surface area contributed by atoms with Gasteiger partial charge in [0, 0.05) is 30.5 Å². The van der Waals surface area contributed by atoms with E-state index < -0.39 is 0 Å². The standard InChI is InChI=1S/C14H20N2OS/c1-11(17)13-5-4-12(10-15-13)16-7-6-14(2,3)18-9-8-16/h4-5,10H,6-9H2,1-3H3. The van der Waals surface area contributed by atoms with Gasteiger partial charge in [0.05, 0.1) is 11.9 Å². The summed E-state index contributed by atoms with van der Waals surface area (Å²) in [6.45, 7) is 8.26. The molecule has 2 heterocycles. The molecule has 1 aromatic rings. The zero-order chi connectivity index (χ0) is 13.2. The van der Waals surface area contributed by atoms with E-state index in [1.807, 2.05) is 30.1 Å². The summed E-state index contributed by atoms with van der Waals surface area (Å²) in [6.07, 6.45) is 2.99. The van der Waals surface area contributed by atoms with Crippen LogP contribution in [-0.2, 0) is 0 Å². The Kier molecular flexibility index (Phi) is 3.95. The number of carbonyl (C=O) groups is 1. The summed E-state index contributed by atoms with van der Waals surface area (Å²) >= 11 is 2.03. The molecule has 0 atom stereocenters. The van der Waals surface area contributed by atoms with E-state index in [0.717, 1.165) is 24.5 Å². The largest absolute Gasteiger partial charge is 0.369 e. The fraction of sp³-hybridized carbons (Fsp3) is 0.571. The second kappa shape index (κ2) is 5.31. The average molecular weight is 264 g/mol. The van der Waals surface area contributed by atoms with Gasteiger partial charge in [0.15, 0.2) is 5.78 Å². The molecule has 0 unspecified atom stereocenters. The van der Waals surface area contributed by atoms with Crippen molar-refractivity contribution in [2.45, 2.75) is 31.9 Å². The Morgan fingerprint density at radius 3 is 2.78 bits per heavy atom. The van der Waals surface area contributed by atoms with Gasteiger partial charge in [-0.2, -0.15) is 11.8 Å². The van der Waals surface area contributed by atoms with E-state index >= 15 is 0 Å². The van der Waals surface area contributed by atoms with E-state index in [9.17, 15) is 4.79 Å². The fourth-order valence-corrected chi connectivity index (χ4v) is 3.16. The molecule has 1 aliphatic rings. The lowest BCUT2D eigenvalue weighted by Gasteiger charge is -2.24. The molecule has 0 bridgehead atoms. The van der Waals surface area contributed by atoms with Gasteiger partial charge in [0.2, 0.25) is 0 Å². The van der Waals surface area contributed by atoms with Gasteiger partial charge in [0.25, 0.3) is 0 Å². The number of anilines is 1. The second-order valence-electron chi connectivity index (χ2n) is 5.30. The van der Waals surface area contributed by atoms with Crippen LogP contribution in [0.1, 0.15) is 37.7 Å². The van der Waals surface area contributed by atoms with E-state index in [4.69, 9.17) is 0 Å². The number of thioether (sulfide) groups is 1. The molecule has 0 spiro atoms. The first-order chi connectivity index (χ1) is 8.48. The number of carbonyl (C=O) groups excluding carboxylic acids is 1. The smallest absolute Gasteiger partial charge is 0.178 e. The molecule has 0 aromatic carbocycles. The summed E-state index contributed by atoms with van der Waals surface area (Å²) in [5.74, 6) is 1.16. The lowest BCUT2D eigenvalue weighted by atomic mass is 10.1. The van der Waals surface area contributed by atoms with Crippen molar-refractivity contribution in [3.05, 3.63) is 24.0 Å². The van der Waals surface area contributed by atoms with Gasteiger partial charge in [-0.15, -0.1) is 0 Å². The maximum Gasteiger partial charge on any atom is 0.178 e. The molecule has 0 amide bonds. The van der Waals surface area contributed by atoms with E-state index in [2.05, 4.69) is 23.7 Å². The zero-order valence-electron chi connectivity index (χ0n) is 11.3. The SMILES string of the molecule is CC(=O)c1ccc(N2CCSC(C)(C)CC2)cn1. The Hall–Kier alpha value is -1.03. The number of hydrogen-bond donors (Lipinski definition) is 0. The lowest BCUT2D eigenvalue weighted by molar-refractivity contribution is 0.101. The summed E-state index contributed by atoms with van der Waals surface area (Å²) in [4.78, 5) is 17.8. The maximum atomic E-state index is 11.2. The summed E-state index contributed by atoms with van der Waals surface area (Å²) < 4.78 is 0.363. The van der Waals surface area contributed by atoms with Crippen molar-refractivity contribution >= 4 is 23.2 Å². The molecule has 0 N–H and O–H groups in total. The first-order valence-electron chi connectivity index (χ1n) is 6.34. The highest BCUT2D eigenvalue weighted by atomic mass is 32.2. The predicted molar refractivity (Wildman–Crippen MR) is 77.6 cm³/mol. The lowest BCUT2D eigenvalue weighted by Crippen LogP contribution is -2.27. The number of pyridine rings is 1. The normalized spacial score (nSPS) is 19.4. The monoisotopic (exact) mass is 264 g/mol. The van der Waals surface area contributed by atoms with Crippen LogP contribution in [0, 0.1) is 0 Å². The number of hydrogen-bond acceptors (Lipinski definition) is 4. The molecule has 1 aromatic heterocycles. The van der Waals surface area contributed by atoms with E-state index in [1.165, 1.54) is 6.42 Å². The topological polar surface area (TPSA) is 33.2 Å². The van der Waals surface area contributed by atoms with Crippen LogP contribution in [0.15, 0.2) is 18.3 Å². The Labute approximate surface area is 113 Å². The third-order valence-corrected chi connectivity index (χ3v) is 4.68. The number of nitrogens with zero attached hydrogens (tertiary/aromatic N) is 2. The Bertz CT molecular complexity index is 428. The third-order valence-electron chi connectivity index (χ3n) is 3.31. The van der Waals surface area contributed by atoms with Crippen molar-refractivity contribution in [3.63, 3.8) is 0 Å². The van der Waals surface area contributed by atoms with Gasteiger partial charge in [-0.3, -0.25) is 9.78 Å². The molecule has 0 radical (unpaired) electrons. The average Bonchev–Trinajstić information content (AvgIpc) is 2.50. The van der Waals surface area contributed by atoms with Gasteiger partial charge in [0.1, 0.15) is 5.69 Å². The highest BCUT2D eigenvalue weighted by Gasteiger charge is 2.23. The minimum Gasteiger partial charge on any atom is -0.369 e. The molecule has 1 fully saturated rings. The Balaban J connectivity index is 2.09. The van der Waals surface area contributed by atoms with Crippen LogP contribution in [0.4, 0.5) is 5.69 Å². The van der Waals surface area contributed by atoms with Crippen molar-refractivity contribution in [1.29, 1.82) is 0 Å². The van der Waals surface area contributed by atoms with Gasteiger partial charge >= 0.3 is 0 Å². The molecule has 98 valence electrons. The van der Waals surface area contributed by atoms with Gasteiger partial charge < -0.3 is 4.90 Å². The molecule has 0 aliphatic carbocycles. The molecule has 3 nitrogen and oxygen atoms in total. The summed E-state index contributed by atoms with van der Waals surface area (Å²) in [5, 5.41) is 0. The van der Waals surface area contributed by atoms with Crippen molar-refractivity contribution in [3.8, 4) is 0 Å². The first-order valence-corrected chi connectivity index (χ1v) is 7.32. The number of rotatable bonds is 2. The Morgan fingerprint density at radius 2 is 2.17 bits per heavy atom. The van der Waals surface area contributed by atoms with Crippen LogP contribution in [0.3, 0.4) is 0 Å². The molecule has 0 saturated carbocycles. The number of aromatic nitrogens is 1. The predicted octanol–water partition coefficient (Wildman–Crippen LogP) is 3.01. The molecule has 1 aliphatic heterocycles. The minimum absolute atomic E-state index is 0.0223. The highest BCUT2D eigenvalue weighted by molar-refractivity contribution is 8.00. The van der Waals surface area contributed by atoms with Crippen molar-refractivity contribution in [2.24, 2.45) is 0 Å². The maximum absolute atomic E-state index is 11.2. The van der Waals surface area contributed by atoms with Crippen LogP contribution in [0.25, 0.3) is 0 Å². The molecule has 4 heteroatoms. The van der Waals surface area contributed by atoms with Crippen LogP contribution < -0.4 is 4.90 Å². The zero-order valence-corrected chi connectivity index (χ0v) is 12.1. The molecule has 1 saturated heterocycles. The Morgan fingerprint density at radius 1 is 1.39 bits per heavy atom. The summed E-state index contributed by atoms with van der Waals surface area (Å²) in [6, 6.07) is 3.83. The quantitative estimate of drug-likeness (QED) is 0.769. The molecular formula is C14H20N2OS. The van der Waals surface area contributed by atoms with Gasteiger partial charge in [-0.25, -0.2) is 0 Å². The van der Waals surface area contributed by atoms with E-state index in [-0.39, 0.29) is 5.78 Å². The van der Waals surface area contributed by atoms with E-state index in [1.54, 1.807) is 6.92 Å². The van der Waals surface area contributed by atoms with Gasteiger partial charge in [-0.1, -0.05) is 13.8 Å². The van der Waals surface area contributed by atoms with Crippen molar-refractivity contribution in [1.82, 2.24) is 4.98 Å². The molecular weight excluding hydrogens is 244 g/mol. The molecule has 18 heavy (non-hydrogen) atoms. The number of Topliss-reactive ketones (excluding diaryl/α,β-unsaturated/α-hetero) is 1. The second-order valence-corrected chi connectivity index (χ2v) is 7.11. The molecule has 2 rings (SSSR count). The van der Waals surface area contributed by atoms with Crippen LogP contribution in [0.5, 0.6) is 0 Å². The summed E-state index contributed by atoms with van der Waals surface area (Å²) in [5.41, 5.74) is 1.67. The summed E-state index contributed by atoms with van der Waals surface area (Å²) in [7, 11) is 0. The van der Waals surface area contributed by atoms with E-state index in [0.29, 0.717) is 10.4 Å². The fourth-order valence-electron chi connectivity index (χ4n) is 2.06. The van der Waals surface area contributed by atoms with Crippen LogP contribution in [0.2, 0.25) is 0 Å². The first kappa shape index (κ1) is 13.4. The van der Waals surface area contributed by atoms with Crippen LogP contribution >= 0.6 is 11.8 Å². The number of ketones is 1. The van der Waals surface area contributed by atoms with Crippen molar-refractivity contribution in [2.75, 3.05) is 23.7 Å². The van der Waals surface area contributed by atoms with Crippen LogP contribution in [-0.4, -0.2) is 34.4 Å². The third kappa shape index (κ3) is 3.25.